The second-order valence-electron chi connectivity index (χ2n) is 7.39. The quantitative estimate of drug-likeness (QED) is 0.651. The Labute approximate surface area is 172 Å². The van der Waals surface area contributed by atoms with Gasteiger partial charge in [0, 0.05) is 29.2 Å². The fourth-order valence-electron chi connectivity index (χ4n) is 3.77. The van der Waals surface area contributed by atoms with Gasteiger partial charge in [-0.3, -0.25) is 9.59 Å². The van der Waals surface area contributed by atoms with Gasteiger partial charge in [0.25, 0.3) is 5.91 Å². The molecule has 156 valence electrons. The van der Waals surface area contributed by atoms with Crippen LogP contribution in [0, 0.1) is 5.82 Å². The number of amides is 2. The summed E-state index contributed by atoms with van der Waals surface area (Å²) < 4.78 is 24.8. The van der Waals surface area contributed by atoms with Gasteiger partial charge < -0.3 is 25.1 Å². The third-order valence-electron chi connectivity index (χ3n) is 5.17. The number of carbonyl (C=O) groups is 2. The molecule has 0 saturated carbocycles. The van der Waals surface area contributed by atoms with Crippen LogP contribution in [0.1, 0.15) is 16.8 Å². The minimum absolute atomic E-state index is 0.000290. The number of carbonyl (C=O) groups excluding carboxylic acids is 2. The predicted molar refractivity (Wildman–Crippen MR) is 109 cm³/mol. The summed E-state index contributed by atoms with van der Waals surface area (Å²) in [6, 6.07) is 12.9. The molecule has 0 radical (unpaired) electrons. The minimum atomic E-state index is -1.08. The smallest absolute Gasteiger partial charge is 0.254 e. The van der Waals surface area contributed by atoms with Crippen LogP contribution in [0.4, 0.5) is 4.39 Å². The molecule has 1 saturated heterocycles. The monoisotopic (exact) mass is 411 g/mol. The van der Waals surface area contributed by atoms with E-state index in [0.717, 1.165) is 10.9 Å². The van der Waals surface area contributed by atoms with Crippen LogP contribution in [-0.2, 0) is 9.53 Å². The number of H-pyrrole nitrogens is 1. The summed E-state index contributed by atoms with van der Waals surface area (Å²) >= 11 is 0. The molecule has 2 heterocycles. The molecule has 3 aromatic rings. The summed E-state index contributed by atoms with van der Waals surface area (Å²) in [5.74, 6) is -0.651. The van der Waals surface area contributed by atoms with Crippen LogP contribution in [-0.4, -0.2) is 53.6 Å². The Morgan fingerprint density at radius 3 is 2.77 bits per heavy atom. The van der Waals surface area contributed by atoms with E-state index >= 15 is 0 Å². The number of benzene rings is 2. The number of nitrogens with two attached hydrogens (primary N) is 1. The highest BCUT2D eigenvalue weighted by molar-refractivity contribution is 6.06. The second kappa shape index (κ2) is 8.16. The molecule has 4 rings (SSSR count). The molecular formula is C22H22FN3O4. The van der Waals surface area contributed by atoms with E-state index < -0.39 is 11.5 Å². The maximum atomic E-state index is 13.3. The third kappa shape index (κ3) is 4.13. The normalized spacial score (nSPS) is 19.0. The lowest BCUT2D eigenvalue weighted by Gasteiger charge is -2.42. The largest absolute Gasteiger partial charge is 0.490 e. The Morgan fingerprint density at radius 2 is 2.00 bits per heavy atom. The molecule has 8 heteroatoms. The van der Waals surface area contributed by atoms with Gasteiger partial charge >= 0.3 is 0 Å². The molecule has 0 bridgehead atoms. The van der Waals surface area contributed by atoms with Crippen LogP contribution in [0.2, 0.25) is 0 Å². The van der Waals surface area contributed by atoms with Gasteiger partial charge in [-0.05, 0) is 42.5 Å². The van der Waals surface area contributed by atoms with E-state index in [2.05, 4.69) is 4.98 Å². The molecule has 2 aromatic carbocycles. The summed E-state index contributed by atoms with van der Waals surface area (Å²) in [5, 5.41) is 0.831. The number of halogens is 1. The minimum Gasteiger partial charge on any atom is -0.490 e. The molecule has 7 nitrogen and oxygen atoms in total. The van der Waals surface area contributed by atoms with Crippen LogP contribution in [0.3, 0.4) is 0 Å². The molecule has 1 unspecified atom stereocenters. The Kier molecular flexibility index (Phi) is 5.41. The maximum absolute atomic E-state index is 13.3. The first-order valence-corrected chi connectivity index (χ1v) is 9.62. The molecule has 1 aliphatic rings. The van der Waals surface area contributed by atoms with Crippen molar-refractivity contribution in [3.63, 3.8) is 0 Å². The fraction of sp³-hybridized carbons (Fsp3) is 0.273. The summed E-state index contributed by atoms with van der Waals surface area (Å²) in [5.41, 5.74) is 5.82. The number of aromatic amines is 1. The Bertz CT molecular complexity index is 1070. The first-order chi connectivity index (χ1) is 14.5. The number of nitrogens with zero attached hydrogens (tertiary/aromatic N) is 1. The van der Waals surface area contributed by atoms with Gasteiger partial charge in [0.2, 0.25) is 5.91 Å². The number of primary amides is 1. The highest BCUT2D eigenvalue weighted by Gasteiger charge is 2.41. The van der Waals surface area contributed by atoms with Gasteiger partial charge in [0.05, 0.1) is 19.6 Å². The highest BCUT2D eigenvalue weighted by Crippen LogP contribution is 2.27. The number of fused-ring (bicyclic) bond motifs is 1. The highest BCUT2D eigenvalue weighted by atomic mass is 19.1. The van der Waals surface area contributed by atoms with Crippen molar-refractivity contribution in [1.82, 2.24) is 9.88 Å². The molecule has 2 amide bonds. The Morgan fingerprint density at radius 1 is 1.20 bits per heavy atom. The van der Waals surface area contributed by atoms with E-state index in [0.29, 0.717) is 17.9 Å². The number of aromatic nitrogens is 1. The molecule has 1 atom stereocenters. The van der Waals surface area contributed by atoms with Crippen molar-refractivity contribution in [2.45, 2.75) is 12.0 Å². The van der Waals surface area contributed by atoms with Gasteiger partial charge in [0.1, 0.15) is 23.8 Å². The van der Waals surface area contributed by atoms with Gasteiger partial charge in [-0.1, -0.05) is 6.07 Å². The van der Waals surface area contributed by atoms with Gasteiger partial charge in [-0.25, -0.2) is 4.39 Å². The van der Waals surface area contributed by atoms with E-state index in [4.69, 9.17) is 15.2 Å². The predicted octanol–water partition coefficient (Wildman–Crippen LogP) is 2.47. The van der Waals surface area contributed by atoms with Gasteiger partial charge in [0.15, 0.2) is 0 Å². The van der Waals surface area contributed by atoms with Crippen LogP contribution >= 0.6 is 0 Å². The van der Waals surface area contributed by atoms with Crippen molar-refractivity contribution in [2.24, 2.45) is 5.73 Å². The zero-order valence-electron chi connectivity index (χ0n) is 16.3. The zero-order chi connectivity index (χ0) is 21.1. The van der Waals surface area contributed by atoms with E-state index in [1.807, 2.05) is 18.2 Å². The van der Waals surface area contributed by atoms with E-state index in [9.17, 15) is 14.0 Å². The van der Waals surface area contributed by atoms with E-state index in [1.165, 1.54) is 24.3 Å². The van der Waals surface area contributed by atoms with Crippen molar-refractivity contribution in [2.75, 3.05) is 26.3 Å². The van der Waals surface area contributed by atoms with Gasteiger partial charge in [-0.15, -0.1) is 0 Å². The zero-order valence-corrected chi connectivity index (χ0v) is 16.3. The summed E-state index contributed by atoms with van der Waals surface area (Å²) in [6.45, 7) is 0.780. The molecule has 0 aliphatic carbocycles. The van der Waals surface area contributed by atoms with Crippen molar-refractivity contribution in [1.29, 1.82) is 0 Å². The van der Waals surface area contributed by atoms with Crippen molar-refractivity contribution in [3.8, 4) is 5.75 Å². The fourth-order valence-corrected chi connectivity index (χ4v) is 3.77. The molecule has 1 fully saturated rings. The van der Waals surface area contributed by atoms with Crippen molar-refractivity contribution in [3.05, 3.63) is 66.1 Å². The number of morpholine rings is 1. The molecule has 1 aromatic heterocycles. The molecule has 1 aliphatic heterocycles. The summed E-state index contributed by atoms with van der Waals surface area (Å²) in [7, 11) is 0. The molecular weight excluding hydrogens is 389 g/mol. The van der Waals surface area contributed by atoms with Crippen LogP contribution in [0.15, 0.2) is 54.7 Å². The first kappa shape index (κ1) is 19.9. The van der Waals surface area contributed by atoms with E-state index in [1.54, 1.807) is 17.2 Å². The number of nitrogens with one attached hydrogen (secondary N) is 1. The summed E-state index contributed by atoms with van der Waals surface area (Å²) in [4.78, 5) is 29.8. The van der Waals surface area contributed by atoms with Crippen molar-refractivity contribution < 1.29 is 23.5 Å². The topological polar surface area (TPSA) is 97.7 Å². The maximum Gasteiger partial charge on any atom is 0.254 e. The number of rotatable bonds is 6. The molecule has 30 heavy (non-hydrogen) atoms. The first-order valence-electron chi connectivity index (χ1n) is 9.62. The Balaban J connectivity index is 1.55. The number of hydrogen-bond donors (Lipinski definition) is 2. The van der Waals surface area contributed by atoms with E-state index in [-0.39, 0.29) is 37.9 Å². The summed E-state index contributed by atoms with van der Waals surface area (Å²) in [6.07, 6.45) is 1.68. The number of hydrogen-bond acceptors (Lipinski definition) is 4. The van der Waals surface area contributed by atoms with Crippen molar-refractivity contribution >= 4 is 22.7 Å². The molecule has 3 N–H and O–H groups in total. The standard InChI is InChI=1S/C22H22FN3O4/c23-15-4-6-16(7-5-15)29-14-22(12-20(24)27)13-26(10-11-30-22)21(28)18-2-1-3-19-17(18)8-9-25-19/h1-9,25H,10-14H2,(H2,24,27). The molecule has 0 spiro atoms. The lowest BCUT2D eigenvalue weighted by molar-refractivity contribution is -0.142. The second-order valence-corrected chi connectivity index (χ2v) is 7.39. The third-order valence-corrected chi connectivity index (χ3v) is 5.17. The van der Waals surface area contributed by atoms with Crippen LogP contribution in [0.5, 0.6) is 5.75 Å². The number of ether oxygens (including phenoxy) is 2. The SMILES string of the molecule is NC(=O)CC1(COc2ccc(F)cc2)CN(C(=O)c2cccc3[nH]ccc23)CCO1. The van der Waals surface area contributed by atoms with Gasteiger partial charge in [-0.2, -0.15) is 0 Å². The Hall–Kier alpha value is -3.39. The van der Waals surface area contributed by atoms with Crippen LogP contribution < -0.4 is 10.5 Å². The lowest BCUT2D eigenvalue weighted by Crippen LogP contribution is -2.58. The average molecular weight is 411 g/mol. The lowest BCUT2D eigenvalue weighted by atomic mass is 9.96. The average Bonchev–Trinajstić information content (AvgIpc) is 3.21. The van der Waals surface area contributed by atoms with Crippen LogP contribution in [0.25, 0.3) is 10.9 Å².